The number of para-hydroxylation sites is 1. The highest BCUT2D eigenvalue weighted by molar-refractivity contribution is 14.1. The summed E-state index contributed by atoms with van der Waals surface area (Å²) in [5, 5.41) is 23.3. The molecule has 0 fully saturated rings. The van der Waals surface area contributed by atoms with Gasteiger partial charge in [0.05, 0.1) is 16.2 Å². The minimum atomic E-state index is -1.09. The van der Waals surface area contributed by atoms with Crippen molar-refractivity contribution in [3.05, 3.63) is 74.9 Å². The summed E-state index contributed by atoms with van der Waals surface area (Å²) in [4.78, 5) is 27.7. The predicted molar refractivity (Wildman–Crippen MR) is 144 cm³/mol. The molecule has 0 radical (unpaired) electrons. The highest BCUT2D eigenvalue weighted by Crippen LogP contribution is 2.30. The second kappa shape index (κ2) is 13.7. The van der Waals surface area contributed by atoms with Crippen molar-refractivity contribution >= 4 is 34.4 Å². The Morgan fingerprint density at radius 2 is 1.89 bits per heavy atom. The molecule has 3 N–H and O–H groups in total. The van der Waals surface area contributed by atoms with Crippen LogP contribution < -0.4 is 10.1 Å². The van der Waals surface area contributed by atoms with Crippen molar-refractivity contribution in [1.82, 2.24) is 10.2 Å². The molecular weight excluding hydrogens is 575 g/mol. The first-order chi connectivity index (χ1) is 17.3. The average Bonchev–Trinajstić information content (AvgIpc) is 2.88. The van der Waals surface area contributed by atoms with Crippen molar-refractivity contribution in [2.45, 2.75) is 45.1 Å². The van der Waals surface area contributed by atoms with Crippen molar-refractivity contribution in [2.75, 3.05) is 26.4 Å². The summed E-state index contributed by atoms with van der Waals surface area (Å²) in [5.74, 6) is -0.0868. The van der Waals surface area contributed by atoms with E-state index in [0.29, 0.717) is 17.9 Å². The Balaban J connectivity index is 1.96. The van der Waals surface area contributed by atoms with Crippen LogP contribution in [-0.4, -0.2) is 71.5 Å². The van der Waals surface area contributed by atoms with Gasteiger partial charge in [0.15, 0.2) is 0 Å². The molecule has 9 heteroatoms. The maximum atomic E-state index is 13.3. The van der Waals surface area contributed by atoms with E-state index in [1.165, 1.54) is 0 Å². The van der Waals surface area contributed by atoms with Crippen LogP contribution in [0.4, 0.5) is 0 Å². The number of hydrogen-bond donors (Lipinski definition) is 3. The van der Waals surface area contributed by atoms with Crippen LogP contribution in [0.2, 0.25) is 0 Å². The molecule has 3 unspecified atom stereocenters. The monoisotopic (exact) mass is 608 g/mol. The Kier molecular flexibility index (Phi) is 10.7. The third-order valence-electron chi connectivity index (χ3n) is 5.94. The largest absolute Gasteiger partial charge is 0.482 e. The molecule has 0 saturated carbocycles. The summed E-state index contributed by atoms with van der Waals surface area (Å²) < 4.78 is 12.4. The van der Waals surface area contributed by atoms with Crippen LogP contribution in [0.25, 0.3) is 0 Å². The van der Waals surface area contributed by atoms with Gasteiger partial charge in [-0.1, -0.05) is 42.0 Å². The van der Waals surface area contributed by atoms with Gasteiger partial charge >= 0.3 is 0 Å². The normalized spacial score (nSPS) is 19.4. The first-order valence-electron chi connectivity index (χ1n) is 12.0. The van der Waals surface area contributed by atoms with E-state index < -0.39 is 18.2 Å². The number of carbonyl (C=O) groups excluding carboxylic acids is 2. The second-order valence-electron chi connectivity index (χ2n) is 8.59. The van der Waals surface area contributed by atoms with Crippen LogP contribution in [-0.2, 0) is 20.9 Å². The molecule has 1 aliphatic rings. The van der Waals surface area contributed by atoms with Gasteiger partial charge < -0.3 is 29.9 Å². The first kappa shape index (κ1) is 28.1. The second-order valence-corrected chi connectivity index (χ2v) is 9.75. The van der Waals surface area contributed by atoms with Crippen molar-refractivity contribution in [2.24, 2.45) is 0 Å². The van der Waals surface area contributed by atoms with E-state index in [4.69, 9.17) is 14.6 Å². The van der Waals surface area contributed by atoms with E-state index in [1.807, 2.05) is 56.3 Å². The molecular formula is C27H33IN2O6. The average molecular weight is 608 g/mol. The third kappa shape index (κ3) is 7.52. The molecule has 8 nitrogen and oxygen atoms in total. The molecule has 3 atom stereocenters. The number of ether oxygens (including phenoxy) is 2. The standard InChI is InChI=1S/C27H33IN2O6/c1-3-35-17-25(32)30(16-19-10-8-18(2)9-11-19)22-14-20(27(34)29-12-13-31)15-24(26(22)33)36-23-7-5-4-6-21(23)28/h4-11,15,22,24,26,31,33H,3,12-14,16-17H2,1-2H3,(H,29,34). The molecule has 0 spiro atoms. The molecule has 0 heterocycles. The topological polar surface area (TPSA) is 108 Å². The van der Waals surface area contributed by atoms with Gasteiger partial charge in [0.1, 0.15) is 24.6 Å². The van der Waals surface area contributed by atoms with Crippen LogP contribution in [0.5, 0.6) is 5.75 Å². The molecule has 1 aliphatic carbocycles. The highest BCUT2D eigenvalue weighted by Gasteiger charge is 2.40. The number of aliphatic hydroxyl groups excluding tert-OH is 2. The van der Waals surface area contributed by atoms with Crippen LogP contribution in [0.1, 0.15) is 24.5 Å². The van der Waals surface area contributed by atoms with E-state index in [-0.39, 0.29) is 44.5 Å². The number of nitrogens with zero attached hydrogens (tertiary/aromatic N) is 1. The van der Waals surface area contributed by atoms with Crippen molar-refractivity contribution < 1.29 is 29.3 Å². The number of aliphatic hydroxyl groups is 2. The zero-order valence-electron chi connectivity index (χ0n) is 20.5. The molecule has 194 valence electrons. The minimum absolute atomic E-state index is 0.0991. The fourth-order valence-corrected chi connectivity index (χ4v) is 4.53. The molecule has 36 heavy (non-hydrogen) atoms. The maximum Gasteiger partial charge on any atom is 0.249 e. The van der Waals surface area contributed by atoms with Crippen molar-refractivity contribution in [3.63, 3.8) is 0 Å². The summed E-state index contributed by atoms with van der Waals surface area (Å²) in [5.41, 5.74) is 2.38. The molecule has 2 aromatic carbocycles. The van der Waals surface area contributed by atoms with Gasteiger partial charge in [-0.2, -0.15) is 0 Å². The summed E-state index contributed by atoms with van der Waals surface area (Å²) in [6.45, 7) is 4.19. The van der Waals surface area contributed by atoms with Gasteiger partial charge in [-0.05, 0) is 60.2 Å². The van der Waals surface area contributed by atoms with Gasteiger partial charge in [0.25, 0.3) is 0 Å². The molecule has 0 bridgehead atoms. The molecule has 2 aromatic rings. The molecule has 0 saturated heterocycles. The predicted octanol–water partition coefficient (Wildman–Crippen LogP) is 2.58. The molecule has 2 amide bonds. The summed E-state index contributed by atoms with van der Waals surface area (Å²) in [7, 11) is 0. The van der Waals surface area contributed by atoms with Crippen LogP contribution in [0.3, 0.4) is 0 Å². The Bertz CT molecular complexity index is 1060. The summed E-state index contributed by atoms with van der Waals surface area (Å²) >= 11 is 2.15. The quantitative estimate of drug-likeness (QED) is 0.339. The summed E-state index contributed by atoms with van der Waals surface area (Å²) in [6, 6.07) is 14.5. The molecule has 3 rings (SSSR count). The van der Waals surface area contributed by atoms with Gasteiger partial charge in [0, 0.05) is 31.7 Å². The number of halogens is 1. The van der Waals surface area contributed by atoms with E-state index in [9.17, 15) is 14.7 Å². The number of carbonyl (C=O) groups is 2. The number of rotatable bonds is 11. The first-order valence-corrected chi connectivity index (χ1v) is 13.0. The number of aryl methyl sites for hydroxylation is 1. The van der Waals surface area contributed by atoms with Crippen LogP contribution in [0.15, 0.2) is 60.2 Å². The lowest BCUT2D eigenvalue weighted by molar-refractivity contribution is -0.144. The Morgan fingerprint density at radius 1 is 1.17 bits per heavy atom. The highest BCUT2D eigenvalue weighted by atomic mass is 127. The van der Waals surface area contributed by atoms with Gasteiger partial charge in [-0.25, -0.2) is 0 Å². The number of benzene rings is 2. The Labute approximate surface area is 225 Å². The van der Waals surface area contributed by atoms with Gasteiger partial charge in [0.2, 0.25) is 11.8 Å². The van der Waals surface area contributed by atoms with E-state index >= 15 is 0 Å². The number of hydrogen-bond acceptors (Lipinski definition) is 6. The third-order valence-corrected chi connectivity index (χ3v) is 6.83. The number of amides is 2. The van der Waals surface area contributed by atoms with Crippen LogP contribution in [0, 0.1) is 10.5 Å². The van der Waals surface area contributed by atoms with E-state index in [0.717, 1.165) is 14.7 Å². The molecule has 0 aliphatic heterocycles. The minimum Gasteiger partial charge on any atom is -0.482 e. The lowest BCUT2D eigenvalue weighted by Gasteiger charge is -2.40. The fraction of sp³-hybridized carbons (Fsp3) is 0.407. The zero-order valence-corrected chi connectivity index (χ0v) is 22.7. The van der Waals surface area contributed by atoms with Gasteiger partial charge in [-0.3, -0.25) is 9.59 Å². The zero-order chi connectivity index (χ0) is 26.1. The molecule has 0 aromatic heterocycles. The lowest BCUT2D eigenvalue weighted by Crippen LogP contribution is -2.55. The number of nitrogens with one attached hydrogen (secondary N) is 1. The van der Waals surface area contributed by atoms with Crippen molar-refractivity contribution in [1.29, 1.82) is 0 Å². The van der Waals surface area contributed by atoms with E-state index in [1.54, 1.807) is 17.0 Å². The smallest absolute Gasteiger partial charge is 0.249 e. The summed E-state index contributed by atoms with van der Waals surface area (Å²) in [6.07, 6.45) is -0.219. The SMILES string of the molecule is CCOCC(=O)N(Cc1ccc(C)cc1)C1CC(C(=O)NCCO)=CC(Oc2ccccc2I)C1O. The van der Waals surface area contributed by atoms with Crippen LogP contribution >= 0.6 is 22.6 Å². The van der Waals surface area contributed by atoms with E-state index in [2.05, 4.69) is 27.9 Å². The fourth-order valence-electron chi connectivity index (χ4n) is 4.02. The Morgan fingerprint density at radius 3 is 2.56 bits per heavy atom. The van der Waals surface area contributed by atoms with Gasteiger partial charge in [-0.15, -0.1) is 0 Å². The Hall–Kier alpha value is -2.47. The lowest BCUT2D eigenvalue weighted by atomic mass is 9.87. The van der Waals surface area contributed by atoms with Crippen molar-refractivity contribution in [3.8, 4) is 5.75 Å². The maximum absolute atomic E-state index is 13.3.